The molecule has 2 aromatic carbocycles. The highest BCUT2D eigenvalue weighted by molar-refractivity contribution is 5.55. The summed E-state index contributed by atoms with van der Waals surface area (Å²) in [5.74, 6) is 1.17. The zero-order valence-corrected chi connectivity index (χ0v) is 19.5. The summed E-state index contributed by atoms with van der Waals surface area (Å²) in [6.45, 7) is 2.05. The van der Waals surface area contributed by atoms with Crippen LogP contribution in [0, 0.1) is 11.3 Å². The predicted molar refractivity (Wildman–Crippen MR) is 134 cm³/mol. The van der Waals surface area contributed by atoms with Gasteiger partial charge < -0.3 is 9.69 Å². The molecule has 6 rings (SSSR count). The standard InChI is InChI=1S/C13H17N3O.C10H12.C6H6/c17-10-11-8-13(9-11)2-6-16(7-3-13)12-14-4-1-5-15-12;1-2-6-10-8-4-3-7-9(10)5-1;1-2-4-6-5-3-1/h1,4-5,10-11H,2-3,6-9H2;1-2,5-6H,3-4,7-8H2;1-6H. The van der Waals surface area contributed by atoms with Crippen molar-refractivity contribution >= 4 is 12.2 Å². The number of carbonyl (C=O) groups excluding carboxylic acids is 1. The van der Waals surface area contributed by atoms with Crippen LogP contribution in [0.2, 0.25) is 0 Å². The van der Waals surface area contributed by atoms with Gasteiger partial charge in [0.05, 0.1) is 0 Å². The Morgan fingerprint density at radius 2 is 1.27 bits per heavy atom. The minimum absolute atomic E-state index is 0.328. The van der Waals surface area contributed by atoms with Crippen molar-refractivity contribution in [2.75, 3.05) is 18.0 Å². The maximum atomic E-state index is 10.7. The van der Waals surface area contributed by atoms with E-state index >= 15 is 0 Å². The Kier molecular flexibility index (Phi) is 8.24. The third-order valence-corrected chi connectivity index (χ3v) is 7.17. The number of hydrogen-bond acceptors (Lipinski definition) is 4. The van der Waals surface area contributed by atoms with Crippen molar-refractivity contribution in [1.29, 1.82) is 0 Å². The molecule has 0 unspecified atom stereocenters. The van der Waals surface area contributed by atoms with Crippen LogP contribution in [-0.4, -0.2) is 29.3 Å². The second-order valence-corrected chi connectivity index (χ2v) is 9.47. The first-order valence-electron chi connectivity index (χ1n) is 12.3. The second kappa shape index (κ2) is 11.7. The van der Waals surface area contributed by atoms with Crippen molar-refractivity contribution in [3.05, 3.63) is 90.3 Å². The number of aldehydes is 1. The molecule has 4 nitrogen and oxygen atoms in total. The molecule has 0 atom stereocenters. The Balaban J connectivity index is 0.000000136. The van der Waals surface area contributed by atoms with E-state index in [1.165, 1.54) is 38.5 Å². The average molecular weight is 442 g/mol. The van der Waals surface area contributed by atoms with Gasteiger partial charge in [-0.25, -0.2) is 9.97 Å². The molecule has 4 heteroatoms. The van der Waals surface area contributed by atoms with E-state index in [4.69, 9.17) is 0 Å². The smallest absolute Gasteiger partial charge is 0.225 e. The summed E-state index contributed by atoms with van der Waals surface area (Å²) >= 11 is 0. The van der Waals surface area contributed by atoms with Crippen molar-refractivity contribution < 1.29 is 4.79 Å². The number of benzene rings is 2. The fourth-order valence-corrected chi connectivity index (χ4v) is 5.25. The van der Waals surface area contributed by atoms with E-state index in [1.807, 2.05) is 42.5 Å². The normalized spacial score (nSPS) is 18.5. The summed E-state index contributed by atoms with van der Waals surface area (Å²) in [4.78, 5) is 21.5. The fraction of sp³-hybridized carbons (Fsp3) is 0.414. The molecule has 2 heterocycles. The van der Waals surface area contributed by atoms with Gasteiger partial charge in [-0.05, 0) is 74.0 Å². The summed E-state index contributed by atoms with van der Waals surface area (Å²) < 4.78 is 0. The molecule has 1 saturated carbocycles. The van der Waals surface area contributed by atoms with Gasteiger partial charge >= 0.3 is 0 Å². The van der Waals surface area contributed by atoms with Crippen molar-refractivity contribution in [3.8, 4) is 0 Å². The van der Waals surface area contributed by atoms with E-state index in [0.717, 1.165) is 38.2 Å². The number of aromatic nitrogens is 2. The van der Waals surface area contributed by atoms with Gasteiger partial charge in [0.1, 0.15) is 6.29 Å². The molecule has 0 N–H and O–H groups in total. The number of fused-ring (bicyclic) bond motifs is 1. The second-order valence-electron chi connectivity index (χ2n) is 9.47. The fourth-order valence-electron chi connectivity index (χ4n) is 5.25. The van der Waals surface area contributed by atoms with Crippen LogP contribution in [0.1, 0.15) is 49.7 Å². The lowest BCUT2D eigenvalue weighted by molar-refractivity contribution is -0.118. The van der Waals surface area contributed by atoms with E-state index in [0.29, 0.717) is 11.3 Å². The maximum Gasteiger partial charge on any atom is 0.225 e. The first-order chi connectivity index (χ1) is 16.3. The lowest BCUT2D eigenvalue weighted by atomic mass is 9.58. The Morgan fingerprint density at radius 1 is 0.758 bits per heavy atom. The monoisotopic (exact) mass is 441 g/mol. The van der Waals surface area contributed by atoms with Crippen LogP contribution in [0.3, 0.4) is 0 Å². The molecular weight excluding hydrogens is 406 g/mol. The summed E-state index contributed by atoms with van der Waals surface area (Å²) in [5.41, 5.74) is 3.61. The Bertz CT molecular complexity index is 909. The highest BCUT2D eigenvalue weighted by atomic mass is 16.1. The summed E-state index contributed by atoms with van der Waals surface area (Å²) in [7, 11) is 0. The molecule has 1 aromatic heterocycles. The van der Waals surface area contributed by atoms with Gasteiger partial charge in [0, 0.05) is 31.4 Å². The molecule has 0 amide bonds. The molecule has 1 spiro atoms. The molecule has 3 aromatic rings. The SMILES string of the molecule is O=CC1CC2(CCN(c3ncccn3)CC2)C1.c1ccc2c(c1)CCCC2.c1ccccc1. The topological polar surface area (TPSA) is 46.1 Å². The van der Waals surface area contributed by atoms with E-state index in [2.05, 4.69) is 39.1 Å². The molecule has 0 bridgehead atoms. The number of rotatable bonds is 2. The minimum atomic E-state index is 0.328. The Hall–Kier alpha value is -3.01. The molecule has 3 aliphatic rings. The van der Waals surface area contributed by atoms with Crippen molar-refractivity contribution in [2.24, 2.45) is 11.3 Å². The Labute approximate surface area is 198 Å². The largest absolute Gasteiger partial charge is 0.341 e. The van der Waals surface area contributed by atoms with Crippen LogP contribution in [0.25, 0.3) is 0 Å². The molecule has 2 fully saturated rings. The number of carbonyl (C=O) groups is 1. The third kappa shape index (κ3) is 6.50. The van der Waals surface area contributed by atoms with E-state index in [9.17, 15) is 4.79 Å². The summed E-state index contributed by atoms with van der Waals surface area (Å²) in [6.07, 6.45) is 14.6. The molecule has 2 aliphatic carbocycles. The van der Waals surface area contributed by atoms with Crippen LogP contribution >= 0.6 is 0 Å². The average Bonchev–Trinajstić information content (AvgIpc) is 2.90. The maximum absolute atomic E-state index is 10.7. The number of anilines is 1. The van der Waals surface area contributed by atoms with E-state index in [1.54, 1.807) is 23.5 Å². The van der Waals surface area contributed by atoms with E-state index < -0.39 is 0 Å². The number of piperidine rings is 1. The first-order valence-corrected chi connectivity index (χ1v) is 12.3. The van der Waals surface area contributed by atoms with Gasteiger partial charge in [0.25, 0.3) is 0 Å². The molecule has 172 valence electrons. The van der Waals surface area contributed by atoms with Gasteiger partial charge in [-0.2, -0.15) is 0 Å². The summed E-state index contributed by atoms with van der Waals surface area (Å²) in [6, 6.07) is 22.6. The van der Waals surface area contributed by atoms with Gasteiger partial charge in [-0.15, -0.1) is 0 Å². The predicted octanol–water partition coefficient (Wildman–Crippen LogP) is 5.92. The summed E-state index contributed by atoms with van der Waals surface area (Å²) in [5, 5.41) is 0. The van der Waals surface area contributed by atoms with Gasteiger partial charge in [-0.1, -0.05) is 60.7 Å². The Morgan fingerprint density at radius 3 is 1.76 bits per heavy atom. The van der Waals surface area contributed by atoms with Gasteiger partial charge in [-0.3, -0.25) is 0 Å². The minimum Gasteiger partial charge on any atom is -0.341 e. The van der Waals surface area contributed by atoms with Crippen molar-refractivity contribution in [1.82, 2.24) is 9.97 Å². The van der Waals surface area contributed by atoms with Crippen LogP contribution in [0.5, 0.6) is 0 Å². The highest BCUT2D eigenvalue weighted by Gasteiger charge is 2.45. The zero-order chi connectivity index (χ0) is 22.8. The van der Waals surface area contributed by atoms with Crippen molar-refractivity contribution in [3.63, 3.8) is 0 Å². The van der Waals surface area contributed by atoms with Crippen LogP contribution in [-0.2, 0) is 17.6 Å². The molecular formula is C29H35N3O. The van der Waals surface area contributed by atoms with Crippen LogP contribution in [0.15, 0.2) is 79.1 Å². The zero-order valence-electron chi connectivity index (χ0n) is 19.5. The first kappa shape index (κ1) is 23.2. The number of nitrogens with zero attached hydrogens (tertiary/aromatic N) is 3. The van der Waals surface area contributed by atoms with Gasteiger partial charge in [0.2, 0.25) is 5.95 Å². The molecule has 1 saturated heterocycles. The quantitative estimate of drug-likeness (QED) is 0.463. The molecule has 0 radical (unpaired) electrons. The van der Waals surface area contributed by atoms with Gasteiger partial charge in [0.15, 0.2) is 0 Å². The lowest BCUT2D eigenvalue weighted by Crippen LogP contribution is -2.47. The highest BCUT2D eigenvalue weighted by Crippen LogP contribution is 2.51. The number of aryl methyl sites for hydroxylation is 2. The molecule has 1 aliphatic heterocycles. The van der Waals surface area contributed by atoms with E-state index in [-0.39, 0.29) is 0 Å². The van der Waals surface area contributed by atoms with Crippen LogP contribution in [0.4, 0.5) is 5.95 Å². The lowest BCUT2D eigenvalue weighted by Gasteiger charge is -2.50. The van der Waals surface area contributed by atoms with Crippen molar-refractivity contribution in [2.45, 2.75) is 51.4 Å². The third-order valence-electron chi connectivity index (χ3n) is 7.17. The van der Waals surface area contributed by atoms with Crippen LogP contribution < -0.4 is 4.90 Å². The molecule has 33 heavy (non-hydrogen) atoms. The number of hydrogen-bond donors (Lipinski definition) is 0.